The van der Waals surface area contributed by atoms with Crippen LogP contribution in [-0.4, -0.2) is 54.5 Å². The first-order valence-electron chi connectivity index (χ1n) is 7.84. The summed E-state index contributed by atoms with van der Waals surface area (Å²) in [6, 6.07) is -0.0465. The number of rotatable bonds is 4. The normalized spacial score (nSPS) is 23.1. The Morgan fingerprint density at radius 1 is 1.10 bits per heavy atom. The van der Waals surface area contributed by atoms with E-state index in [4.69, 9.17) is 5.73 Å². The van der Waals surface area contributed by atoms with Gasteiger partial charge in [0, 0.05) is 25.7 Å². The van der Waals surface area contributed by atoms with Crippen LogP contribution in [0.4, 0.5) is 0 Å². The summed E-state index contributed by atoms with van der Waals surface area (Å²) >= 11 is 0. The van der Waals surface area contributed by atoms with Crippen LogP contribution in [0.2, 0.25) is 0 Å². The van der Waals surface area contributed by atoms with Crippen LogP contribution in [0.1, 0.15) is 39.5 Å². The topological polar surface area (TPSA) is 49.6 Å². The van der Waals surface area contributed by atoms with E-state index in [0.29, 0.717) is 0 Å². The van der Waals surface area contributed by atoms with Crippen molar-refractivity contribution < 1.29 is 4.79 Å². The second-order valence-corrected chi connectivity index (χ2v) is 6.42. The van der Waals surface area contributed by atoms with Crippen molar-refractivity contribution in [1.82, 2.24) is 9.80 Å². The fourth-order valence-corrected chi connectivity index (χ4v) is 3.18. The number of carbonyl (C=O) groups is 1. The Morgan fingerprint density at radius 2 is 1.62 bits per heavy atom. The lowest BCUT2D eigenvalue weighted by molar-refractivity contribution is -0.137. The molecule has 2 N–H and O–H groups in total. The fourth-order valence-electron chi connectivity index (χ4n) is 3.18. The molecule has 2 heterocycles. The zero-order valence-electron chi connectivity index (χ0n) is 13.3. The molecule has 2 saturated heterocycles. The van der Waals surface area contributed by atoms with E-state index < -0.39 is 0 Å². The molecular formula is C15H31Cl2N3O. The smallest absolute Gasteiger partial charge is 0.226 e. The highest BCUT2D eigenvalue weighted by molar-refractivity contribution is 5.85. The second kappa shape index (κ2) is 9.88. The number of amides is 1. The molecule has 2 fully saturated rings. The van der Waals surface area contributed by atoms with Gasteiger partial charge in [-0.15, -0.1) is 24.8 Å². The van der Waals surface area contributed by atoms with Gasteiger partial charge in [-0.25, -0.2) is 0 Å². The van der Waals surface area contributed by atoms with E-state index in [0.717, 1.165) is 31.8 Å². The minimum Gasteiger partial charge on any atom is -0.342 e. The Morgan fingerprint density at radius 3 is 2.10 bits per heavy atom. The molecule has 0 aromatic rings. The lowest BCUT2D eigenvalue weighted by Gasteiger charge is -2.35. The molecule has 2 rings (SSSR count). The van der Waals surface area contributed by atoms with Crippen molar-refractivity contribution in [3.8, 4) is 0 Å². The summed E-state index contributed by atoms with van der Waals surface area (Å²) in [7, 11) is 0. The Balaban J connectivity index is 0.00000200. The molecule has 4 nitrogen and oxygen atoms in total. The number of hydrogen-bond acceptors (Lipinski definition) is 3. The summed E-state index contributed by atoms with van der Waals surface area (Å²) in [6.07, 6.45) is 5.05. The average molecular weight is 340 g/mol. The maximum atomic E-state index is 12.2. The molecule has 0 aromatic heterocycles. The van der Waals surface area contributed by atoms with E-state index in [1.807, 2.05) is 18.7 Å². The second-order valence-electron chi connectivity index (χ2n) is 6.42. The molecular weight excluding hydrogens is 309 g/mol. The molecule has 1 amide bonds. The first-order chi connectivity index (χ1) is 9.08. The lowest BCUT2D eigenvalue weighted by atomic mass is 9.94. The van der Waals surface area contributed by atoms with Crippen LogP contribution in [0.15, 0.2) is 0 Å². The quantitative estimate of drug-likeness (QED) is 0.853. The standard InChI is InChI=1S/C15H29N3O.2ClH/c1-12(13(2)16)15(19)18-9-5-14(6-10-18)11-17-7-3-4-8-17;;/h12-14H,3-11,16H2,1-2H3;2*1H. The molecule has 2 atom stereocenters. The molecule has 0 saturated carbocycles. The van der Waals surface area contributed by atoms with Crippen molar-refractivity contribution in [2.24, 2.45) is 17.6 Å². The number of piperidine rings is 1. The summed E-state index contributed by atoms with van der Waals surface area (Å²) in [5, 5.41) is 0. The minimum absolute atomic E-state index is 0. The summed E-state index contributed by atoms with van der Waals surface area (Å²) in [4.78, 5) is 16.8. The van der Waals surface area contributed by atoms with Gasteiger partial charge >= 0.3 is 0 Å². The first kappa shape index (κ1) is 21.0. The maximum Gasteiger partial charge on any atom is 0.226 e. The van der Waals surface area contributed by atoms with Crippen molar-refractivity contribution in [3.05, 3.63) is 0 Å². The summed E-state index contributed by atoms with van der Waals surface area (Å²) in [5.74, 6) is 0.984. The van der Waals surface area contributed by atoms with Gasteiger partial charge in [0.15, 0.2) is 0 Å². The van der Waals surface area contributed by atoms with Gasteiger partial charge in [0.05, 0.1) is 5.92 Å². The van der Waals surface area contributed by atoms with E-state index in [9.17, 15) is 4.79 Å². The Bertz CT molecular complexity index is 301. The molecule has 126 valence electrons. The lowest BCUT2D eigenvalue weighted by Crippen LogP contribution is -2.46. The predicted molar refractivity (Wildman–Crippen MR) is 92.3 cm³/mol. The van der Waals surface area contributed by atoms with E-state index in [2.05, 4.69) is 4.90 Å². The van der Waals surface area contributed by atoms with Crippen LogP contribution in [0, 0.1) is 11.8 Å². The summed E-state index contributed by atoms with van der Waals surface area (Å²) in [6.45, 7) is 9.52. The van der Waals surface area contributed by atoms with E-state index >= 15 is 0 Å². The highest BCUT2D eigenvalue weighted by atomic mass is 35.5. The van der Waals surface area contributed by atoms with Crippen molar-refractivity contribution in [1.29, 1.82) is 0 Å². The van der Waals surface area contributed by atoms with Crippen LogP contribution in [0.5, 0.6) is 0 Å². The predicted octanol–water partition coefficient (Wildman–Crippen LogP) is 2.15. The number of nitrogens with zero attached hydrogens (tertiary/aromatic N) is 2. The third-order valence-corrected chi connectivity index (χ3v) is 4.82. The van der Waals surface area contributed by atoms with E-state index in [1.54, 1.807) is 0 Å². The van der Waals surface area contributed by atoms with Gasteiger partial charge in [-0.1, -0.05) is 6.92 Å². The van der Waals surface area contributed by atoms with Gasteiger partial charge in [0.1, 0.15) is 0 Å². The van der Waals surface area contributed by atoms with Crippen molar-refractivity contribution >= 4 is 30.7 Å². The average Bonchev–Trinajstić information content (AvgIpc) is 2.90. The van der Waals surface area contributed by atoms with Crippen LogP contribution < -0.4 is 5.73 Å². The SMILES string of the molecule is CC(N)C(C)C(=O)N1CCC(CN2CCCC2)CC1.Cl.Cl. The Labute approximate surface area is 141 Å². The molecule has 2 aliphatic heterocycles. The largest absolute Gasteiger partial charge is 0.342 e. The molecule has 0 aromatic carbocycles. The highest BCUT2D eigenvalue weighted by Gasteiger charge is 2.28. The fraction of sp³-hybridized carbons (Fsp3) is 0.933. The van der Waals surface area contributed by atoms with Crippen LogP contribution in [-0.2, 0) is 4.79 Å². The maximum absolute atomic E-state index is 12.2. The Hall–Kier alpha value is -0.0300. The van der Waals surface area contributed by atoms with Crippen LogP contribution in [0.3, 0.4) is 0 Å². The molecule has 0 radical (unpaired) electrons. The first-order valence-corrected chi connectivity index (χ1v) is 7.84. The zero-order valence-corrected chi connectivity index (χ0v) is 14.9. The number of halogens is 2. The highest BCUT2D eigenvalue weighted by Crippen LogP contribution is 2.22. The summed E-state index contributed by atoms with van der Waals surface area (Å²) in [5.41, 5.74) is 5.83. The molecule has 21 heavy (non-hydrogen) atoms. The monoisotopic (exact) mass is 339 g/mol. The van der Waals surface area contributed by atoms with Gasteiger partial charge in [-0.3, -0.25) is 4.79 Å². The number of nitrogens with two attached hydrogens (primary N) is 1. The van der Waals surface area contributed by atoms with Gasteiger partial charge < -0.3 is 15.5 Å². The van der Waals surface area contributed by atoms with Crippen molar-refractivity contribution in [2.45, 2.75) is 45.6 Å². The van der Waals surface area contributed by atoms with Gasteiger partial charge in [0.2, 0.25) is 5.91 Å². The third kappa shape index (κ3) is 5.93. The van der Waals surface area contributed by atoms with Crippen LogP contribution in [0.25, 0.3) is 0 Å². The molecule has 6 heteroatoms. The minimum atomic E-state index is -0.0465. The Kier molecular flexibility index (Phi) is 9.87. The number of likely N-dealkylation sites (tertiary alicyclic amines) is 2. The zero-order chi connectivity index (χ0) is 13.8. The van der Waals surface area contributed by atoms with Gasteiger partial charge in [0.25, 0.3) is 0 Å². The van der Waals surface area contributed by atoms with Gasteiger partial charge in [-0.05, 0) is 51.6 Å². The molecule has 0 aliphatic carbocycles. The molecule has 2 aliphatic rings. The van der Waals surface area contributed by atoms with Crippen LogP contribution >= 0.6 is 24.8 Å². The van der Waals surface area contributed by atoms with E-state index in [-0.39, 0.29) is 42.7 Å². The van der Waals surface area contributed by atoms with Crippen molar-refractivity contribution in [3.63, 3.8) is 0 Å². The molecule has 0 spiro atoms. The number of hydrogen-bond donors (Lipinski definition) is 1. The molecule has 2 unspecified atom stereocenters. The summed E-state index contributed by atoms with van der Waals surface area (Å²) < 4.78 is 0. The molecule has 0 bridgehead atoms. The third-order valence-electron chi connectivity index (χ3n) is 4.82. The van der Waals surface area contributed by atoms with E-state index in [1.165, 1.54) is 32.5 Å². The van der Waals surface area contributed by atoms with Gasteiger partial charge in [-0.2, -0.15) is 0 Å². The number of carbonyl (C=O) groups excluding carboxylic acids is 1. The van der Waals surface area contributed by atoms with Crippen molar-refractivity contribution in [2.75, 3.05) is 32.7 Å².